The Hall–Kier alpha value is -2.24. The lowest BCUT2D eigenvalue weighted by Crippen LogP contribution is -2.02. The molecule has 0 fully saturated rings. The fraction of sp³-hybridized carbons (Fsp3) is 0.438. The first-order valence-electron chi connectivity index (χ1n) is 7.29. The molecule has 114 valence electrons. The Balaban J connectivity index is 2.23. The monoisotopic (exact) mass is 315 g/mol. The van der Waals surface area contributed by atoms with E-state index in [0.717, 1.165) is 12.8 Å². The van der Waals surface area contributed by atoms with Gasteiger partial charge < -0.3 is 5.73 Å². The number of halogens is 1. The van der Waals surface area contributed by atoms with Crippen molar-refractivity contribution < 1.29 is 0 Å². The maximum Gasteiger partial charge on any atom is 0.208 e. The van der Waals surface area contributed by atoms with Crippen LogP contribution in [0.4, 0.5) is 5.82 Å². The maximum atomic E-state index is 6.04. The number of terminal acetylenes is 1. The maximum absolute atomic E-state index is 6.04. The van der Waals surface area contributed by atoms with E-state index in [0.29, 0.717) is 17.0 Å². The molecular formula is C16H18ClN5. The van der Waals surface area contributed by atoms with Crippen LogP contribution in [0.5, 0.6) is 0 Å². The molecule has 5 nitrogen and oxygen atoms in total. The van der Waals surface area contributed by atoms with Crippen molar-refractivity contribution in [2.45, 2.75) is 45.6 Å². The number of hydrogen-bond donors (Lipinski definition) is 1. The number of nitrogens with zero attached hydrogens (tertiary/aromatic N) is 4. The number of aromatic nitrogens is 4. The minimum atomic E-state index is 0.249. The van der Waals surface area contributed by atoms with Crippen molar-refractivity contribution in [3.05, 3.63) is 11.1 Å². The van der Waals surface area contributed by atoms with E-state index in [9.17, 15) is 0 Å². The Morgan fingerprint density at radius 2 is 2.05 bits per heavy atom. The molecule has 0 aliphatic carbocycles. The summed E-state index contributed by atoms with van der Waals surface area (Å²) in [5.41, 5.74) is 6.87. The van der Waals surface area contributed by atoms with Gasteiger partial charge in [0.25, 0.3) is 0 Å². The molecule has 2 aromatic heterocycles. The van der Waals surface area contributed by atoms with E-state index < -0.39 is 0 Å². The normalized spacial score (nSPS) is 10.2. The summed E-state index contributed by atoms with van der Waals surface area (Å²) in [5, 5.41) is 0.249. The van der Waals surface area contributed by atoms with Gasteiger partial charge in [-0.3, -0.25) is 4.57 Å². The van der Waals surface area contributed by atoms with Gasteiger partial charge in [0.15, 0.2) is 17.0 Å². The van der Waals surface area contributed by atoms with Gasteiger partial charge in [0.2, 0.25) is 11.1 Å². The Bertz CT molecular complexity index is 761. The Morgan fingerprint density at radius 3 is 2.77 bits per heavy atom. The summed E-state index contributed by atoms with van der Waals surface area (Å²) in [6.45, 7) is 2.46. The van der Waals surface area contributed by atoms with Crippen LogP contribution in [0.25, 0.3) is 11.2 Å². The second-order valence-electron chi connectivity index (χ2n) is 4.89. The fourth-order valence-electron chi connectivity index (χ4n) is 2.06. The van der Waals surface area contributed by atoms with E-state index >= 15 is 0 Å². The van der Waals surface area contributed by atoms with E-state index in [1.807, 2.05) is 0 Å². The topological polar surface area (TPSA) is 69.6 Å². The summed E-state index contributed by atoms with van der Waals surface area (Å²) >= 11 is 6.04. The molecule has 22 heavy (non-hydrogen) atoms. The smallest absolute Gasteiger partial charge is 0.208 e. The summed E-state index contributed by atoms with van der Waals surface area (Å²) in [4.78, 5) is 12.7. The molecule has 2 heterocycles. The van der Waals surface area contributed by atoms with Crippen LogP contribution in [-0.2, 0) is 6.54 Å². The molecule has 0 bridgehead atoms. The van der Waals surface area contributed by atoms with E-state index in [1.54, 1.807) is 4.57 Å². The van der Waals surface area contributed by atoms with Gasteiger partial charge in [0, 0.05) is 6.42 Å². The van der Waals surface area contributed by atoms with Gasteiger partial charge in [-0.2, -0.15) is 0 Å². The standard InChI is InChI=1S/C16H18ClN5/c1-3-5-6-7-8-9-10-12-19-14(18)13-15(20-12)22(11-4-2)16(17)21-13/h2H,3,5-8,11H2,1H3,(H2,18,19,20). The van der Waals surface area contributed by atoms with Gasteiger partial charge in [-0.15, -0.1) is 6.42 Å². The summed E-state index contributed by atoms with van der Waals surface area (Å²) in [6, 6.07) is 0. The minimum Gasteiger partial charge on any atom is -0.382 e. The largest absolute Gasteiger partial charge is 0.382 e. The predicted molar refractivity (Wildman–Crippen MR) is 89.2 cm³/mol. The lowest BCUT2D eigenvalue weighted by atomic mass is 10.2. The first-order chi connectivity index (χ1) is 10.7. The number of nitrogen functional groups attached to an aromatic ring is 1. The first-order valence-corrected chi connectivity index (χ1v) is 7.66. The van der Waals surface area contributed by atoms with E-state index in [2.05, 4.69) is 39.6 Å². The highest BCUT2D eigenvalue weighted by Gasteiger charge is 2.14. The molecule has 2 rings (SSSR count). The zero-order valence-electron chi connectivity index (χ0n) is 12.6. The Labute approximate surface area is 135 Å². The lowest BCUT2D eigenvalue weighted by molar-refractivity contribution is 0.679. The average Bonchev–Trinajstić information content (AvgIpc) is 2.81. The third-order valence-corrected chi connectivity index (χ3v) is 3.47. The summed E-state index contributed by atoms with van der Waals surface area (Å²) in [5.74, 6) is 9.17. The minimum absolute atomic E-state index is 0.249. The number of imidazole rings is 1. The SMILES string of the molecule is C#CCn1c(Cl)nc2c(N)nc(C#CCCCCCC)nc21. The van der Waals surface area contributed by atoms with Crippen LogP contribution >= 0.6 is 11.6 Å². The predicted octanol–water partition coefficient (Wildman–Crippen LogP) is 3.02. The number of fused-ring (bicyclic) bond motifs is 1. The van der Waals surface area contributed by atoms with Crippen LogP contribution in [0.15, 0.2) is 0 Å². The summed E-state index contributed by atoms with van der Waals surface area (Å²) < 4.78 is 1.61. The molecule has 2 N–H and O–H groups in total. The molecule has 0 saturated carbocycles. The third kappa shape index (κ3) is 3.69. The first kappa shape index (κ1) is 16.1. The molecule has 0 aliphatic rings. The molecule has 0 radical (unpaired) electrons. The van der Waals surface area contributed by atoms with Crippen LogP contribution in [0.2, 0.25) is 5.28 Å². The van der Waals surface area contributed by atoms with Gasteiger partial charge in [0.05, 0.1) is 6.54 Å². The van der Waals surface area contributed by atoms with Crippen molar-refractivity contribution in [2.24, 2.45) is 0 Å². The van der Waals surface area contributed by atoms with Crippen molar-refractivity contribution in [2.75, 3.05) is 5.73 Å². The Kier molecular flexibility index (Phi) is 5.63. The van der Waals surface area contributed by atoms with E-state index in [-0.39, 0.29) is 17.6 Å². The van der Waals surface area contributed by atoms with E-state index in [1.165, 1.54) is 19.3 Å². The highest BCUT2D eigenvalue weighted by molar-refractivity contribution is 6.29. The molecule has 0 spiro atoms. The van der Waals surface area contributed by atoms with Crippen LogP contribution in [-0.4, -0.2) is 19.5 Å². The molecule has 2 aromatic rings. The van der Waals surface area contributed by atoms with Gasteiger partial charge in [-0.1, -0.05) is 38.0 Å². The highest BCUT2D eigenvalue weighted by Crippen LogP contribution is 2.21. The fourth-order valence-corrected chi connectivity index (χ4v) is 2.29. The van der Waals surface area contributed by atoms with Crippen molar-refractivity contribution in [1.29, 1.82) is 0 Å². The molecule has 0 aromatic carbocycles. The molecule has 0 unspecified atom stereocenters. The number of rotatable bonds is 5. The molecule has 0 amide bonds. The third-order valence-electron chi connectivity index (χ3n) is 3.18. The molecular weight excluding hydrogens is 298 g/mol. The molecule has 6 heteroatoms. The van der Waals surface area contributed by atoms with Crippen LogP contribution < -0.4 is 5.73 Å². The van der Waals surface area contributed by atoms with E-state index in [4.69, 9.17) is 23.8 Å². The Morgan fingerprint density at radius 1 is 1.23 bits per heavy atom. The van der Waals surface area contributed by atoms with Crippen LogP contribution in [0, 0.1) is 24.2 Å². The second-order valence-corrected chi connectivity index (χ2v) is 5.23. The quantitative estimate of drug-likeness (QED) is 0.523. The molecule has 0 atom stereocenters. The van der Waals surface area contributed by atoms with Crippen molar-refractivity contribution >= 4 is 28.6 Å². The molecule has 0 aliphatic heterocycles. The van der Waals surface area contributed by atoms with Crippen LogP contribution in [0.3, 0.4) is 0 Å². The zero-order valence-corrected chi connectivity index (χ0v) is 13.3. The lowest BCUT2D eigenvalue weighted by Gasteiger charge is -2.00. The second kappa shape index (κ2) is 7.68. The number of hydrogen-bond acceptors (Lipinski definition) is 4. The van der Waals surface area contributed by atoms with Gasteiger partial charge in [-0.05, 0) is 23.9 Å². The van der Waals surface area contributed by atoms with Crippen molar-refractivity contribution in [1.82, 2.24) is 19.5 Å². The van der Waals surface area contributed by atoms with Gasteiger partial charge >= 0.3 is 0 Å². The number of anilines is 1. The number of unbranched alkanes of at least 4 members (excludes halogenated alkanes) is 4. The zero-order chi connectivity index (χ0) is 15.9. The van der Waals surface area contributed by atoms with Gasteiger partial charge in [-0.25, -0.2) is 15.0 Å². The molecule has 0 saturated heterocycles. The number of nitrogens with two attached hydrogens (primary N) is 1. The average molecular weight is 316 g/mol. The van der Waals surface area contributed by atoms with Gasteiger partial charge in [0.1, 0.15) is 0 Å². The van der Waals surface area contributed by atoms with Crippen LogP contribution in [0.1, 0.15) is 44.9 Å². The van der Waals surface area contributed by atoms with Crippen molar-refractivity contribution in [3.63, 3.8) is 0 Å². The highest BCUT2D eigenvalue weighted by atomic mass is 35.5. The summed E-state index contributed by atoms with van der Waals surface area (Å²) in [6.07, 6.45) is 10.9. The van der Waals surface area contributed by atoms with Crippen molar-refractivity contribution in [3.8, 4) is 24.2 Å². The summed E-state index contributed by atoms with van der Waals surface area (Å²) in [7, 11) is 0.